The highest BCUT2D eigenvalue weighted by Crippen LogP contribution is 2.14. The minimum atomic E-state index is -0.778. The third kappa shape index (κ3) is 13.5. The van der Waals surface area contributed by atoms with Crippen LogP contribution in [0.4, 0.5) is 4.79 Å². The van der Waals surface area contributed by atoms with Gasteiger partial charge in [0.25, 0.3) is 0 Å². The highest BCUT2D eigenvalue weighted by atomic mass is 16.7. The smallest absolute Gasteiger partial charge is 0.441 e. The zero-order valence-electron chi connectivity index (χ0n) is 15.5. The van der Waals surface area contributed by atoms with Crippen LogP contribution in [0, 0.1) is 10.8 Å². The lowest BCUT2D eigenvalue weighted by molar-refractivity contribution is -0.160. The summed E-state index contributed by atoms with van der Waals surface area (Å²) in [7, 11) is 0. The van der Waals surface area contributed by atoms with Crippen LogP contribution in [0.3, 0.4) is 0 Å². The molecule has 0 heterocycles. The number of hydrogen-bond acceptors (Lipinski definition) is 7. The summed E-state index contributed by atoms with van der Waals surface area (Å²) in [4.78, 5) is 41.3. The molecule has 0 aliphatic rings. The van der Waals surface area contributed by atoms with E-state index in [1.54, 1.807) is 62.3 Å². The van der Waals surface area contributed by atoms with Crippen molar-refractivity contribution >= 4 is 18.0 Å². The minimum Gasteiger partial charge on any atom is -0.442 e. The van der Waals surface area contributed by atoms with Gasteiger partial charge in [-0.15, -0.1) is 5.48 Å². The molecule has 0 atom stereocenters. The predicted octanol–water partition coefficient (Wildman–Crippen LogP) is 2.46. The first-order valence-corrected chi connectivity index (χ1v) is 7.12. The Kier molecular flexibility index (Phi) is 8.88. The summed E-state index contributed by atoms with van der Waals surface area (Å²) < 4.78 is 4.87. The molecule has 136 valence electrons. The third-order valence-electron chi connectivity index (χ3n) is 1.96. The van der Waals surface area contributed by atoms with Crippen LogP contribution in [0.15, 0.2) is 0 Å². The van der Waals surface area contributed by atoms with Crippen LogP contribution >= 0.6 is 0 Å². The number of ether oxygens (including phenoxy) is 1. The second-order valence-electron chi connectivity index (χ2n) is 7.90. The number of carbonyl (C=O) groups is 3. The molecule has 0 unspecified atom stereocenters. The molecule has 0 spiro atoms. The van der Waals surface area contributed by atoms with Crippen molar-refractivity contribution in [3.8, 4) is 0 Å². The summed E-state index contributed by atoms with van der Waals surface area (Å²) in [5, 5.41) is 0. The summed E-state index contributed by atoms with van der Waals surface area (Å²) in [5.74, 6) is 3.70. The zero-order valence-corrected chi connectivity index (χ0v) is 15.5. The zero-order chi connectivity index (χ0) is 19.1. The number of carbonyl (C=O) groups excluding carboxylic acids is 3. The molecular weight excluding hydrogens is 304 g/mol. The fraction of sp³-hybridized carbons (Fsp3) is 0.800. The molecule has 0 aliphatic carbocycles. The van der Waals surface area contributed by atoms with Crippen molar-refractivity contribution in [1.29, 1.82) is 0 Å². The van der Waals surface area contributed by atoms with Crippen LogP contribution < -0.4 is 11.4 Å². The van der Waals surface area contributed by atoms with Crippen LogP contribution in [0.5, 0.6) is 0 Å². The Morgan fingerprint density at radius 2 is 1.17 bits per heavy atom. The number of hydroxylamine groups is 1. The van der Waals surface area contributed by atoms with Crippen molar-refractivity contribution in [1.82, 2.24) is 5.48 Å². The Bertz CT molecular complexity index is 413. The van der Waals surface area contributed by atoms with Crippen LogP contribution in [-0.2, 0) is 24.0 Å². The van der Waals surface area contributed by atoms with E-state index in [2.05, 4.69) is 15.6 Å². The Balaban J connectivity index is 0. The number of rotatable bonds is 0. The van der Waals surface area contributed by atoms with Crippen LogP contribution in [0.1, 0.15) is 62.3 Å². The summed E-state index contributed by atoms with van der Waals surface area (Å²) in [6, 6.07) is 0. The number of nitrogens with two attached hydrogens (primary N) is 1. The monoisotopic (exact) mass is 334 g/mol. The van der Waals surface area contributed by atoms with Crippen molar-refractivity contribution in [3.63, 3.8) is 0 Å². The average molecular weight is 334 g/mol. The topological polar surface area (TPSA) is 117 Å². The molecule has 0 aromatic carbocycles. The van der Waals surface area contributed by atoms with E-state index in [1.807, 2.05) is 5.48 Å². The molecule has 0 saturated heterocycles. The molecule has 8 heteroatoms. The summed E-state index contributed by atoms with van der Waals surface area (Å²) in [5.41, 5.74) is 0.187. The first kappa shape index (κ1) is 23.4. The van der Waals surface area contributed by atoms with Gasteiger partial charge >= 0.3 is 18.0 Å². The lowest BCUT2D eigenvalue weighted by Crippen LogP contribution is -2.37. The molecular formula is C15H30N2O6. The second-order valence-corrected chi connectivity index (χ2v) is 7.90. The largest absolute Gasteiger partial charge is 0.442 e. The van der Waals surface area contributed by atoms with Crippen LogP contribution in [0.25, 0.3) is 0 Å². The van der Waals surface area contributed by atoms with Crippen molar-refractivity contribution < 1.29 is 28.8 Å². The second kappa shape index (κ2) is 8.71. The SMILES string of the molecule is CC(C)(C)C(=O)ON.CC(C)(C)OC(=O)NOC(=O)C(C)(C)C. The highest BCUT2D eigenvalue weighted by molar-refractivity contribution is 5.77. The summed E-state index contributed by atoms with van der Waals surface area (Å²) >= 11 is 0. The van der Waals surface area contributed by atoms with Gasteiger partial charge in [-0.2, -0.15) is 5.90 Å². The molecule has 1 amide bonds. The van der Waals surface area contributed by atoms with Crippen molar-refractivity contribution in [2.45, 2.75) is 67.9 Å². The molecule has 3 N–H and O–H groups in total. The van der Waals surface area contributed by atoms with E-state index in [0.717, 1.165) is 0 Å². The normalized spacial score (nSPS) is 11.6. The Labute approximate surface area is 137 Å². The Morgan fingerprint density at radius 3 is 1.39 bits per heavy atom. The van der Waals surface area contributed by atoms with Gasteiger partial charge in [0.1, 0.15) is 5.60 Å². The first-order valence-electron chi connectivity index (χ1n) is 7.12. The van der Waals surface area contributed by atoms with E-state index >= 15 is 0 Å². The minimum absolute atomic E-state index is 0.391. The van der Waals surface area contributed by atoms with Gasteiger partial charge in [0.05, 0.1) is 10.8 Å². The van der Waals surface area contributed by atoms with Gasteiger partial charge in [-0.1, -0.05) is 0 Å². The maximum Gasteiger partial charge on any atom is 0.441 e. The Morgan fingerprint density at radius 1 is 0.783 bits per heavy atom. The van der Waals surface area contributed by atoms with Gasteiger partial charge in [-0.05, 0) is 62.3 Å². The molecule has 0 saturated carbocycles. The van der Waals surface area contributed by atoms with E-state index in [-0.39, 0.29) is 0 Å². The van der Waals surface area contributed by atoms with Gasteiger partial charge in [-0.25, -0.2) is 14.4 Å². The number of hydrogen-bond donors (Lipinski definition) is 2. The fourth-order valence-electron chi connectivity index (χ4n) is 0.717. The van der Waals surface area contributed by atoms with E-state index in [9.17, 15) is 14.4 Å². The molecule has 0 rings (SSSR count). The molecule has 0 radical (unpaired) electrons. The number of nitrogens with one attached hydrogen (secondary N) is 1. The van der Waals surface area contributed by atoms with E-state index < -0.39 is 34.5 Å². The molecule has 0 aromatic heterocycles. The molecule has 0 fully saturated rings. The van der Waals surface area contributed by atoms with Crippen LogP contribution in [-0.4, -0.2) is 23.6 Å². The van der Waals surface area contributed by atoms with E-state index in [1.165, 1.54) is 0 Å². The van der Waals surface area contributed by atoms with Gasteiger partial charge in [-0.3, -0.25) is 0 Å². The molecule has 0 aromatic rings. The maximum atomic E-state index is 11.2. The average Bonchev–Trinajstić information content (AvgIpc) is 2.31. The van der Waals surface area contributed by atoms with Gasteiger partial charge in [0.2, 0.25) is 0 Å². The number of amides is 1. The summed E-state index contributed by atoms with van der Waals surface area (Å²) in [6.07, 6.45) is -0.778. The summed E-state index contributed by atoms with van der Waals surface area (Å²) in [6.45, 7) is 15.4. The third-order valence-corrected chi connectivity index (χ3v) is 1.96. The van der Waals surface area contributed by atoms with E-state index in [4.69, 9.17) is 4.74 Å². The highest BCUT2D eigenvalue weighted by Gasteiger charge is 2.25. The van der Waals surface area contributed by atoms with Gasteiger partial charge in [0.15, 0.2) is 0 Å². The lowest BCUT2D eigenvalue weighted by atomic mass is 9.98. The quantitative estimate of drug-likeness (QED) is 0.653. The van der Waals surface area contributed by atoms with Crippen LogP contribution in [0.2, 0.25) is 0 Å². The molecule has 8 nitrogen and oxygen atoms in total. The van der Waals surface area contributed by atoms with Gasteiger partial charge < -0.3 is 14.4 Å². The van der Waals surface area contributed by atoms with Crippen molar-refractivity contribution in [2.24, 2.45) is 16.7 Å². The van der Waals surface area contributed by atoms with Crippen molar-refractivity contribution in [2.75, 3.05) is 0 Å². The molecule has 0 aliphatic heterocycles. The molecule has 0 bridgehead atoms. The molecule has 23 heavy (non-hydrogen) atoms. The van der Waals surface area contributed by atoms with Crippen molar-refractivity contribution in [3.05, 3.63) is 0 Å². The fourth-order valence-corrected chi connectivity index (χ4v) is 0.717. The maximum absolute atomic E-state index is 11.2. The first-order chi connectivity index (χ1) is 10.0. The van der Waals surface area contributed by atoms with Gasteiger partial charge in [0, 0.05) is 0 Å². The lowest BCUT2D eigenvalue weighted by Gasteiger charge is -2.20. The Hall–Kier alpha value is -1.83. The predicted molar refractivity (Wildman–Crippen MR) is 84.7 cm³/mol. The van der Waals surface area contributed by atoms with E-state index in [0.29, 0.717) is 0 Å². The standard InChI is InChI=1S/C10H19NO4.C5H11NO2/c1-9(2,3)7(12)15-11-8(13)14-10(4,5)6;1-5(2,3)4(7)8-6/h1-6H3,(H,11,13);6H2,1-3H3.